The van der Waals surface area contributed by atoms with Gasteiger partial charge in [-0.25, -0.2) is 0 Å². The monoisotopic (exact) mass is 168 g/mol. The minimum absolute atomic E-state index is 0. The van der Waals surface area contributed by atoms with Gasteiger partial charge in [-0.15, -0.1) is 0 Å². The lowest BCUT2D eigenvalue weighted by molar-refractivity contribution is 0.288. The van der Waals surface area contributed by atoms with Gasteiger partial charge in [0.15, 0.2) is 0 Å². The van der Waals surface area contributed by atoms with Gasteiger partial charge in [-0.1, -0.05) is 25.1 Å². The van der Waals surface area contributed by atoms with Gasteiger partial charge >= 0.3 is 7.32 Å². The third-order valence-electron chi connectivity index (χ3n) is 1.26. The Labute approximate surface area is 72.8 Å². The van der Waals surface area contributed by atoms with Crippen LogP contribution in [0.15, 0.2) is 24.3 Å². The Morgan fingerprint density at radius 2 is 1.67 bits per heavy atom. The third-order valence-corrected chi connectivity index (χ3v) is 1.26. The number of hydrogen-bond donors (Lipinski definition) is 2. The molecule has 0 aromatic heterocycles. The Bertz CT molecular complexity index is 220. The van der Waals surface area contributed by atoms with E-state index in [9.17, 15) is 0 Å². The Hall–Kier alpha value is -0.995. The summed E-state index contributed by atoms with van der Waals surface area (Å²) in [6, 6.07) is 7.01. The lowest BCUT2D eigenvalue weighted by atomic mass is 10.2. The predicted molar refractivity (Wildman–Crippen MR) is 48.7 cm³/mol. The van der Waals surface area contributed by atoms with Gasteiger partial charge in [0.25, 0.3) is 0 Å². The molecule has 0 aliphatic carbocycles. The van der Waals surface area contributed by atoms with Gasteiger partial charge in [0.2, 0.25) is 0 Å². The van der Waals surface area contributed by atoms with Crippen LogP contribution in [0.3, 0.4) is 0 Å². The fraction of sp³-hybridized carbons (Fsp3) is 0.250. The first-order valence-corrected chi connectivity index (χ1v) is 3.28. The second-order valence-electron chi connectivity index (χ2n) is 2.26. The summed E-state index contributed by atoms with van der Waals surface area (Å²) < 4.78 is 4.58. The van der Waals surface area contributed by atoms with Crippen molar-refractivity contribution in [3.05, 3.63) is 29.8 Å². The van der Waals surface area contributed by atoms with Crippen LogP contribution in [0.1, 0.15) is 13.0 Å². The molecule has 0 aliphatic rings. The molecule has 4 heteroatoms. The average Bonchev–Trinajstić information content (AvgIpc) is 1.93. The van der Waals surface area contributed by atoms with Crippen molar-refractivity contribution in [3.8, 4) is 5.75 Å². The first-order chi connectivity index (χ1) is 5.18. The Balaban J connectivity index is 0.00000121. The summed E-state index contributed by atoms with van der Waals surface area (Å²) in [5.74, 6) is 0.450. The van der Waals surface area contributed by atoms with E-state index >= 15 is 0 Å². The molecule has 0 aliphatic heterocycles. The Kier molecular flexibility index (Phi) is 4.40. The van der Waals surface area contributed by atoms with Gasteiger partial charge in [0.1, 0.15) is 5.75 Å². The maximum absolute atomic E-state index is 8.41. The van der Waals surface area contributed by atoms with Gasteiger partial charge in [0, 0.05) is 0 Å². The molecular formula is C8H13BO3. The van der Waals surface area contributed by atoms with Gasteiger partial charge in [0.05, 0.1) is 0 Å². The number of rotatable bonds is 2. The summed E-state index contributed by atoms with van der Waals surface area (Å²) in [4.78, 5) is 0. The van der Waals surface area contributed by atoms with Crippen molar-refractivity contribution in [3.63, 3.8) is 0 Å². The second-order valence-corrected chi connectivity index (χ2v) is 2.26. The van der Waals surface area contributed by atoms with Crippen LogP contribution in [0.5, 0.6) is 5.75 Å². The summed E-state index contributed by atoms with van der Waals surface area (Å²) >= 11 is 0. The molecule has 0 bridgehead atoms. The van der Waals surface area contributed by atoms with Crippen molar-refractivity contribution in [1.82, 2.24) is 0 Å². The van der Waals surface area contributed by atoms with E-state index in [1.165, 1.54) is 0 Å². The molecule has 0 unspecified atom stereocenters. The molecule has 12 heavy (non-hydrogen) atoms. The lowest BCUT2D eigenvalue weighted by Gasteiger charge is -2.03. The molecule has 2 N–H and O–H groups in total. The lowest BCUT2D eigenvalue weighted by Crippen LogP contribution is -2.20. The first-order valence-electron chi connectivity index (χ1n) is 3.28. The number of benzene rings is 1. The summed E-state index contributed by atoms with van der Waals surface area (Å²) in [6.45, 7) is 1.94. The van der Waals surface area contributed by atoms with Crippen molar-refractivity contribution in [2.45, 2.75) is 14.4 Å². The van der Waals surface area contributed by atoms with Crippen molar-refractivity contribution >= 4 is 7.32 Å². The van der Waals surface area contributed by atoms with Crippen LogP contribution >= 0.6 is 0 Å². The highest BCUT2D eigenvalue weighted by molar-refractivity contribution is 6.33. The quantitative estimate of drug-likeness (QED) is 0.647. The van der Waals surface area contributed by atoms with E-state index in [4.69, 9.17) is 10.0 Å². The summed E-state index contributed by atoms with van der Waals surface area (Å²) in [6.07, 6.45) is 0. The van der Waals surface area contributed by atoms with E-state index < -0.39 is 7.32 Å². The zero-order chi connectivity index (χ0) is 8.27. The molecular weight excluding hydrogens is 155 g/mol. The van der Waals surface area contributed by atoms with E-state index in [0.717, 1.165) is 5.56 Å². The zero-order valence-electron chi connectivity index (χ0n) is 6.19. The van der Waals surface area contributed by atoms with Crippen molar-refractivity contribution in [1.29, 1.82) is 0 Å². The molecule has 1 aromatic rings. The smallest absolute Gasteiger partial charge is 0.512 e. The fourth-order valence-electron chi connectivity index (χ4n) is 0.739. The van der Waals surface area contributed by atoms with Gasteiger partial charge in [-0.2, -0.15) is 0 Å². The molecule has 0 fully saturated rings. The summed E-state index contributed by atoms with van der Waals surface area (Å²) in [5, 5.41) is 16.8. The SMILES string of the molecule is C.Cc1ccc(OB(O)O)cc1. The normalized spacial score (nSPS) is 8.58. The summed E-state index contributed by atoms with van der Waals surface area (Å²) in [7, 11) is -1.74. The predicted octanol–water partition coefficient (Wildman–Crippen LogP) is 0.979. The fourth-order valence-corrected chi connectivity index (χ4v) is 0.739. The highest BCUT2D eigenvalue weighted by atomic mass is 16.6. The van der Waals surface area contributed by atoms with E-state index in [-0.39, 0.29) is 7.43 Å². The zero-order valence-corrected chi connectivity index (χ0v) is 6.19. The van der Waals surface area contributed by atoms with Crippen LogP contribution in [0.2, 0.25) is 0 Å². The van der Waals surface area contributed by atoms with Crippen LogP contribution in [-0.2, 0) is 0 Å². The molecule has 0 amide bonds. The molecule has 0 saturated heterocycles. The second kappa shape index (κ2) is 4.80. The van der Waals surface area contributed by atoms with Crippen LogP contribution in [0.25, 0.3) is 0 Å². The molecule has 0 spiro atoms. The highest BCUT2D eigenvalue weighted by Gasteiger charge is 2.09. The van der Waals surface area contributed by atoms with E-state index in [1.807, 2.05) is 19.1 Å². The molecule has 3 nitrogen and oxygen atoms in total. The molecule has 0 saturated carbocycles. The molecule has 0 atom stereocenters. The van der Waals surface area contributed by atoms with Crippen LogP contribution < -0.4 is 4.65 Å². The molecule has 1 rings (SSSR count). The molecule has 1 aromatic carbocycles. The van der Waals surface area contributed by atoms with Gasteiger partial charge in [-0.05, 0) is 19.1 Å². The first kappa shape index (κ1) is 11.0. The van der Waals surface area contributed by atoms with Crippen LogP contribution in [0.4, 0.5) is 0 Å². The standard InChI is InChI=1S/C7H9BO3.CH4/c1-6-2-4-7(5-3-6)11-8(9)10;/h2-5,9-10H,1H3;1H4. The largest absolute Gasteiger partial charge is 0.707 e. The molecule has 0 heterocycles. The van der Waals surface area contributed by atoms with Crippen LogP contribution in [0, 0.1) is 6.92 Å². The average molecular weight is 168 g/mol. The highest BCUT2D eigenvalue weighted by Crippen LogP contribution is 2.10. The number of hydrogen-bond acceptors (Lipinski definition) is 3. The van der Waals surface area contributed by atoms with Crippen molar-refractivity contribution < 1.29 is 14.7 Å². The van der Waals surface area contributed by atoms with Gasteiger partial charge in [-0.3, -0.25) is 0 Å². The van der Waals surface area contributed by atoms with E-state index in [1.54, 1.807) is 12.1 Å². The molecule has 0 radical (unpaired) electrons. The topological polar surface area (TPSA) is 49.7 Å². The van der Waals surface area contributed by atoms with Crippen molar-refractivity contribution in [2.75, 3.05) is 0 Å². The minimum atomic E-state index is -1.74. The van der Waals surface area contributed by atoms with Crippen LogP contribution in [-0.4, -0.2) is 17.4 Å². The maximum atomic E-state index is 8.41. The Morgan fingerprint density at radius 3 is 2.08 bits per heavy atom. The Morgan fingerprint density at radius 1 is 1.17 bits per heavy atom. The number of aryl methyl sites for hydroxylation is 1. The van der Waals surface area contributed by atoms with Crippen molar-refractivity contribution in [2.24, 2.45) is 0 Å². The van der Waals surface area contributed by atoms with Gasteiger partial charge < -0.3 is 14.7 Å². The van der Waals surface area contributed by atoms with E-state index in [0.29, 0.717) is 5.75 Å². The maximum Gasteiger partial charge on any atom is 0.707 e. The van der Waals surface area contributed by atoms with E-state index in [2.05, 4.69) is 4.65 Å². The minimum Gasteiger partial charge on any atom is -0.512 e. The third kappa shape index (κ3) is 3.41. The summed E-state index contributed by atoms with van der Waals surface area (Å²) in [5.41, 5.74) is 1.10. The molecule has 66 valence electrons.